The zero-order chi connectivity index (χ0) is 13.7. The Bertz CT molecular complexity index is 459. The first kappa shape index (κ1) is 14.0. The third-order valence-electron chi connectivity index (χ3n) is 2.69. The first-order valence-electron chi connectivity index (χ1n) is 5.60. The summed E-state index contributed by atoms with van der Waals surface area (Å²) in [5.41, 5.74) is 1.75. The highest BCUT2D eigenvalue weighted by molar-refractivity contribution is 5.66. The van der Waals surface area contributed by atoms with Gasteiger partial charge in [-0.25, -0.2) is 0 Å². The van der Waals surface area contributed by atoms with Crippen LogP contribution in [-0.2, 0) is 4.79 Å². The van der Waals surface area contributed by atoms with E-state index in [-0.39, 0.29) is 12.1 Å². The van der Waals surface area contributed by atoms with Gasteiger partial charge in [0.15, 0.2) is 0 Å². The third-order valence-corrected chi connectivity index (χ3v) is 2.69. The number of rotatable bonds is 6. The minimum Gasteiger partial charge on any atom is -0.481 e. The number of aliphatic carboxylic acids is 1. The first-order chi connectivity index (χ1) is 8.41. The third kappa shape index (κ3) is 3.73. The average Bonchev–Trinajstić information content (AvgIpc) is 2.27. The maximum Gasteiger partial charge on any atom is 0.303 e. The highest BCUT2D eigenvalue weighted by atomic mass is 16.6. The van der Waals surface area contributed by atoms with Crippen LogP contribution in [0.3, 0.4) is 0 Å². The molecule has 0 saturated carbocycles. The first-order valence-corrected chi connectivity index (χ1v) is 5.60. The fourth-order valence-electron chi connectivity index (χ4n) is 1.77. The van der Waals surface area contributed by atoms with Crippen molar-refractivity contribution in [3.05, 3.63) is 33.9 Å². The maximum atomic E-state index is 10.6. The van der Waals surface area contributed by atoms with E-state index >= 15 is 0 Å². The van der Waals surface area contributed by atoms with Crippen LogP contribution in [0.25, 0.3) is 0 Å². The molecule has 1 N–H and O–H groups in total. The molecule has 0 aliphatic heterocycles. The monoisotopic (exact) mass is 252 g/mol. The number of nitrogens with zero attached hydrogens (tertiary/aromatic N) is 2. The van der Waals surface area contributed by atoms with Crippen molar-refractivity contribution in [2.45, 2.75) is 19.8 Å². The Kier molecular flexibility index (Phi) is 4.65. The smallest absolute Gasteiger partial charge is 0.303 e. The van der Waals surface area contributed by atoms with Crippen LogP contribution < -0.4 is 4.90 Å². The molecule has 0 heterocycles. The number of aryl methyl sites for hydroxylation is 1. The summed E-state index contributed by atoms with van der Waals surface area (Å²) in [6, 6.07) is 4.66. The van der Waals surface area contributed by atoms with E-state index in [0.29, 0.717) is 13.0 Å². The second-order valence-electron chi connectivity index (χ2n) is 4.15. The Morgan fingerprint density at radius 2 is 2.17 bits per heavy atom. The number of carbonyl (C=O) groups is 1. The molecule has 1 aromatic carbocycles. The summed E-state index contributed by atoms with van der Waals surface area (Å²) in [5.74, 6) is -0.816. The van der Waals surface area contributed by atoms with E-state index in [9.17, 15) is 14.9 Å². The second kappa shape index (κ2) is 6.00. The van der Waals surface area contributed by atoms with E-state index in [1.807, 2.05) is 11.9 Å². The van der Waals surface area contributed by atoms with Crippen molar-refractivity contribution in [3.8, 4) is 0 Å². The lowest BCUT2D eigenvalue weighted by Crippen LogP contribution is -2.20. The molecule has 6 nitrogen and oxygen atoms in total. The standard InChI is InChI=1S/C12H16N2O4/c1-9-8-10(14(17)18)5-6-11(9)13(2)7-3-4-12(15)16/h5-6,8H,3-4,7H2,1-2H3,(H,15,16). The lowest BCUT2D eigenvalue weighted by molar-refractivity contribution is -0.384. The van der Waals surface area contributed by atoms with Crippen LogP contribution in [0.15, 0.2) is 18.2 Å². The molecule has 98 valence electrons. The molecule has 0 spiro atoms. The molecule has 0 fully saturated rings. The number of carboxylic acid groups (broad SMARTS) is 1. The molecule has 1 aromatic rings. The number of carboxylic acids is 1. The molecule has 0 amide bonds. The molecular formula is C12H16N2O4. The number of anilines is 1. The summed E-state index contributed by atoms with van der Waals surface area (Å²) in [6.45, 7) is 2.40. The van der Waals surface area contributed by atoms with Gasteiger partial charge < -0.3 is 10.0 Å². The number of nitro benzene ring substituents is 1. The fraction of sp³-hybridized carbons (Fsp3) is 0.417. The minimum atomic E-state index is -0.816. The van der Waals surface area contributed by atoms with Gasteiger partial charge in [-0.15, -0.1) is 0 Å². The normalized spacial score (nSPS) is 10.1. The molecule has 18 heavy (non-hydrogen) atoms. The number of hydrogen-bond donors (Lipinski definition) is 1. The molecule has 0 bridgehead atoms. The quantitative estimate of drug-likeness (QED) is 0.619. The Labute approximate surface area is 105 Å². The van der Waals surface area contributed by atoms with Gasteiger partial charge in [-0.05, 0) is 25.0 Å². The van der Waals surface area contributed by atoms with Crippen molar-refractivity contribution < 1.29 is 14.8 Å². The highest BCUT2D eigenvalue weighted by Gasteiger charge is 2.10. The number of nitro groups is 1. The van der Waals surface area contributed by atoms with Crippen molar-refractivity contribution in [2.24, 2.45) is 0 Å². The van der Waals surface area contributed by atoms with Crippen molar-refractivity contribution in [1.82, 2.24) is 0 Å². The summed E-state index contributed by atoms with van der Waals surface area (Å²) in [5, 5.41) is 19.2. The second-order valence-corrected chi connectivity index (χ2v) is 4.15. The van der Waals surface area contributed by atoms with Crippen LogP contribution in [0.5, 0.6) is 0 Å². The topological polar surface area (TPSA) is 83.7 Å². The van der Waals surface area contributed by atoms with Crippen molar-refractivity contribution in [1.29, 1.82) is 0 Å². The molecule has 0 atom stereocenters. The van der Waals surface area contributed by atoms with Gasteiger partial charge in [0.1, 0.15) is 0 Å². The average molecular weight is 252 g/mol. The molecular weight excluding hydrogens is 236 g/mol. The summed E-state index contributed by atoms with van der Waals surface area (Å²) < 4.78 is 0. The number of hydrogen-bond acceptors (Lipinski definition) is 4. The summed E-state index contributed by atoms with van der Waals surface area (Å²) >= 11 is 0. The Morgan fingerprint density at radius 1 is 1.50 bits per heavy atom. The van der Waals surface area contributed by atoms with Crippen molar-refractivity contribution >= 4 is 17.3 Å². The molecule has 0 aromatic heterocycles. The van der Waals surface area contributed by atoms with Crippen molar-refractivity contribution in [3.63, 3.8) is 0 Å². The van der Waals surface area contributed by atoms with E-state index in [2.05, 4.69) is 0 Å². The lowest BCUT2D eigenvalue weighted by Gasteiger charge is -2.20. The van der Waals surface area contributed by atoms with E-state index in [0.717, 1.165) is 11.3 Å². The van der Waals surface area contributed by atoms with E-state index in [1.165, 1.54) is 12.1 Å². The van der Waals surface area contributed by atoms with Gasteiger partial charge >= 0.3 is 5.97 Å². The van der Waals surface area contributed by atoms with Gasteiger partial charge in [0.2, 0.25) is 0 Å². The molecule has 0 saturated heterocycles. The van der Waals surface area contributed by atoms with Gasteiger partial charge in [0.25, 0.3) is 5.69 Å². The van der Waals surface area contributed by atoms with Crippen LogP contribution in [0.4, 0.5) is 11.4 Å². The highest BCUT2D eigenvalue weighted by Crippen LogP contribution is 2.24. The molecule has 0 radical (unpaired) electrons. The van der Waals surface area contributed by atoms with Crippen molar-refractivity contribution in [2.75, 3.05) is 18.5 Å². The minimum absolute atomic E-state index is 0.0650. The predicted octanol–water partition coefficient (Wildman–Crippen LogP) is 2.20. The van der Waals surface area contributed by atoms with E-state index in [4.69, 9.17) is 5.11 Å². The van der Waals surface area contributed by atoms with Gasteiger partial charge in [-0.1, -0.05) is 0 Å². The Balaban J connectivity index is 2.71. The molecule has 6 heteroatoms. The van der Waals surface area contributed by atoms with Gasteiger partial charge in [0, 0.05) is 37.8 Å². The maximum absolute atomic E-state index is 10.6. The van der Waals surface area contributed by atoms with Gasteiger partial charge in [-0.3, -0.25) is 14.9 Å². The number of non-ortho nitro benzene ring substituents is 1. The Morgan fingerprint density at radius 3 is 2.67 bits per heavy atom. The zero-order valence-corrected chi connectivity index (χ0v) is 10.4. The predicted molar refractivity (Wildman–Crippen MR) is 68.0 cm³/mol. The van der Waals surface area contributed by atoms with Crippen LogP contribution in [-0.4, -0.2) is 29.6 Å². The largest absolute Gasteiger partial charge is 0.481 e. The summed E-state index contributed by atoms with van der Waals surface area (Å²) in [7, 11) is 1.84. The van der Waals surface area contributed by atoms with Crippen LogP contribution in [0, 0.1) is 17.0 Å². The number of benzene rings is 1. The molecule has 0 unspecified atom stereocenters. The molecule has 0 aliphatic rings. The molecule has 1 rings (SSSR count). The van der Waals surface area contributed by atoms with E-state index in [1.54, 1.807) is 13.0 Å². The van der Waals surface area contributed by atoms with E-state index < -0.39 is 10.9 Å². The lowest BCUT2D eigenvalue weighted by atomic mass is 10.1. The summed E-state index contributed by atoms with van der Waals surface area (Å²) in [6.07, 6.45) is 0.665. The zero-order valence-electron chi connectivity index (χ0n) is 10.4. The van der Waals surface area contributed by atoms with Crippen LogP contribution >= 0.6 is 0 Å². The Hall–Kier alpha value is -2.11. The van der Waals surface area contributed by atoms with Gasteiger partial charge in [0.05, 0.1) is 4.92 Å². The molecule has 0 aliphatic carbocycles. The van der Waals surface area contributed by atoms with Crippen LogP contribution in [0.1, 0.15) is 18.4 Å². The fourth-order valence-corrected chi connectivity index (χ4v) is 1.77. The SMILES string of the molecule is Cc1cc([N+](=O)[O-])ccc1N(C)CCCC(=O)O. The van der Waals surface area contributed by atoms with Crippen LogP contribution in [0.2, 0.25) is 0 Å². The summed E-state index contributed by atoms with van der Waals surface area (Å²) in [4.78, 5) is 22.5. The van der Waals surface area contributed by atoms with Gasteiger partial charge in [-0.2, -0.15) is 0 Å².